The SMILES string of the molecule is Cc1ccc(S(=O)(=O)OC[C@@H]2CCCC2(C(=O)O)C(C)(C)C)cc1. The molecule has 1 unspecified atom stereocenters. The summed E-state index contributed by atoms with van der Waals surface area (Å²) in [7, 11) is -3.88. The number of rotatable bonds is 5. The van der Waals surface area contributed by atoms with Crippen molar-refractivity contribution >= 4 is 16.1 Å². The second kappa shape index (κ2) is 6.48. The van der Waals surface area contributed by atoms with Crippen molar-refractivity contribution < 1.29 is 22.5 Å². The Morgan fingerprint density at radius 3 is 2.38 bits per heavy atom. The van der Waals surface area contributed by atoms with Crippen LogP contribution in [0.1, 0.15) is 45.6 Å². The van der Waals surface area contributed by atoms with E-state index < -0.39 is 26.9 Å². The van der Waals surface area contributed by atoms with Gasteiger partial charge in [0.05, 0.1) is 16.9 Å². The summed E-state index contributed by atoms with van der Waals surface area (Å²) in [6, 6.07) is 6.44. The molecule has 1 aliphatic carbocycles. The van der Waals surface area contributed by atoms with E-state index in [2.05, 4.69) is 0 Å². The fourth-order valence-electron chi connectivity index (χ4n) is 3.84. The van der Waals surface area contributed by atoms with E-state index >= 15 is 0 Å². The summed E-state index contributed by atoms with van der Waals surface area (Å²) in [5, 5.41) is 9.84. The molecule has 1 saturated carbocycles. The average Bonchev–Trinajstić information content (AvgIpc) is 2.90. The molecule has 134 valence electrons. The topological polar surface area (TPSA) is 80.7 Å². The van der Waals surface area contributed by atoms with Gasteiger partial charge in [-0.25, -0.2) is 0 Å². The van der Waals surface area contributed by atoms with E-state index in [-0.39, 0.29) is 17.4 Å². The van der Waals surface area contributed by atoms with Crippen molar-refractivity contribution in [3.63, 3.8) is 0 Å². The number of hydrogen-bond acceptors (Lipinski definition) is 4. The van der Waals surface area contributed by atoms with Crippen molar-refractivity contribution in [3.8, 4) is 0 Å². The second-order valence-corrected chi connectivity index (χ2v) is 9.28. The van der Waals surface area contributed by atoms with E-state index in [0.717, 1.165) is 12.0 Å². The van der Waals surface area contributed by atoms with Crippen LogP contribution in [0.15, 0.2) is 29.2 Å². The monoisotopic (exact) mass is 354 g/mol. The molecule has 1 aliphatic rings. The van der Waals surface area contributed by atoms with Crippen LogP contribution in [-0.4, -0.2) is 26.1 Å². The van der Waals surface area contributed by atoms with E-state index in [1.807, 2.05) is 27.7 Å². The lowest BCUT2D eigenvalue weighted by Gasteiger charge is -2.42. The quantitative estimate of drug-likeness (QED) is 0.817. The summed E-state index contributed by atoms with van der Waals surface area (Å²) in [6.07, 6.45) is 1.97. The zero-order valence-electron chi connectivity index (χ0n) is 14.7. The van der Waals surface area contributed by atoms with Gasteiger partial charge in [-0.1, -0.05) is 44.9 Å². The first kappa shape index (κ1) is 18.9. The van der Waals surface area contributed by atoms with E-state index in [1.54, 1.807) is 12.1 Å². The van der Waals surface area contributed by atoms with Crippen molar-refractivity contribution in [1.82, 2.24) is 0 Å². The summed E-state index contributed by atoms with van der Waals surface area (Å²) < 4.78 is 30.0. The first-order chi connectivity index (χ1) is 11.0. The van der Waals surface area contributed by atoms with Crippen LogP contribution in [0.2, 0.25) is 0 Å². The van der Waals surface area contributed by atoms with Crippen LogP contribution < -0.4 is 0 Å². The predicted octanol–water partition coefficient (Wildman–Crippen LogP) is 3.62. The van der Waals surface area contributed by atoms with Gasteiger partial charge < -0.3 is 5.11 Å². The number of aliphatic carboxylic acids is 1. The van der Waals surface area contributed by atoms with E-state index in [4.69, 9.17) is 4.18 Å². The van der Waals surface area contributed by atoms with Gasteiger partial charge in [0.1, 0.15) is 0 Å². The molecule has 1 N–H and O–H groups in total. The van der Waals surface area contributed by atoms with Gasteiger partial charge in [0.2, 0.25) is 0 Å². The molecule has 0 heterocycles. The van der Waals surface area contributed by atoms with Crippen LogP contribution in [-0.2, 0) is 19.1 Å². The summed E-state index contributed by atoms with van der Waals surface area (Å²) in [4.78, 5) is 12.1. The van der Waals surface area contributed by atoms with Crippen LogP contribution in [0, 0.1) is 23.7 Å². The average molecular weight is 354 g/mol. The Bertz CT molecular complexity index is 700. The maximum absolute atomic E-state index is 12.4. The number of carboxylic acid groups (broad SMARTS) is 1. The van der Waals surface area contributed by atoms with Gasteiger partial charge in [0.15, 0.2) is 0 Å². The van der Waals surface area contributed by atoms with E-state index in [0.29, 0.717) is 12.8 Å². The predicted molar refractivity (Wildman–Crippen MR) is 91.2 cm³/mol. The summed E-state index contributed by atoms with van der Waals surface area (Å²) >= 11 is 0. The van der Waals surface area contributed by atoms with Gasteiger partial charge in [-0.15, -0.1) is 0 Å². The molecule has 0 aliphatic heterocycles. The first-order valence-corrected chi connectivity index (χ1v) is 9.61. The van der Waals surface area contributed by atoms with Gasteiger partial charge in [-0.05, 0) is 37.3 Å². The highest BCUT2D eigenvalue weighted by Crippen LogP contribution is 2.55. The largest absolute Gasteiger partial charge is 0.481 e. The normalized spacial score (nSPS) is 24.9. The Labute approximate surface area is 144 Å². The number of hydrogen-bond donors (Lipinski definition) is 1. The summed E-state index contributed by atoms with van der Waals surface area (Å²) in [5.41, 5.74) is -0.477. The molecule has 1 fully saturated rings. The van der Waals surface area contributed by atoms with Crippen molar-refractivity contribution in [2.75, 3.05) is 6.61 Å². The van der Waals surface area contributed by atoms with Gasteiger partial charge in [-0.3, -0.25) is 8.98 Å². The maximum Gasteiger partial charge on any atom is 0.310 e. The fourth-order valence-corrected chi connectivity index (χ4v) is 4.79. The number of carboxylic acids is 1. The zero-order valence-corrected chi connectivity index (χ0v) is 15.5. The summed E-state index contributed by atoms with van der Waals surface area (Å²) in [6.45, 7) is 7.47. The molecule has 24 heavy (non-hydrogen) atoms. The Morgan fingerprint density at radius 1 is 1.29 bits per heavy atom. The molecule has 5 nitrogen and oxygen atoms in total. The molecule has 0 radical (unpaired) electrons. The molecule has 0 saturated heterocycles. The highest BCUT2D eigenvalue weighted by atomic mass is 32.2. The number of benzene rings is 1. The van der Waals surface area contributed by atoms with Crippen molar-refractivity contribution in [1.29, 1.82) is 0 Å². The minimum atomic E-state index is -3.88. The summed E-state index contributed by atoms with van der Waals surface area (Å²) in [5.74, 6) is -1.19. The van der Waals surface area contributed by atoms with Crippen LogP contribution in [0.4, 0.5) is 0 Å². The standard InChI is InChI=1S/C18H26O5S/c1-13-7-9-15(10-8-13)24(21,22)23-12-14-6-5-11-18(14,16(19)20)17(2,3)4/h7-10,14H,5-6,11-12H2,1-4H3,(H,19,20)/t14-,18?/m0/s1. The smallest absolute Gasteiger partial charge is 0.310 e. The van der Waals surface area contributed by atoms with E-state index in [1.165, 1.54) is 12.1 Å². The number of aryl methyl sites for hydroxylation is 1. The van der Waals surface area contributed by atoms with Crippen molar-refractivity contribution in [3.05, 3.63) is 29.8 Å². The minimum absolute atomic E-state index is 0.0974. The highest BCUT2D eigenvalue weighted by Gasteiger charge is 2.56. The third-order valence-electron chi connectivity index (χ3n) is 5.27. The van der Waals surface area contributed by atoms with Gasteiger partial charge in [0.25, 0.3) is 10.1 Å². The second-order valence-electron chi connectivity index (χ2n) is 7.67. The Morgan fingerprint density at radius 2 is 1.88 bits per heavy atom. The van der Waals surface area contributed by atoms with Crippen LogP contribution in [0.3, 0.4) is 0 Å². The third kappa shape index (κ3) is 3.35. The van der Waals surface area contributed by atoms with Crippen molar-refractivity contribution in [2.45, 2.75) is 51.9 Å². The van der Waals surface area contributed by atoms with Crippen molar-refractivity contribution in [2.24, 2.45) is 16.7 Å². The molecular weight excluding hydrogens is 328 g/mol. The van der Waals surface area contributed by atoms with E-state index in [9.17, 15) is 18.3 Å². The highest BCUT2D eigenvalue weighted by molar-refractivity contribution is 7.86. The lowest BCUT2D eigenvalue weighted by atomic mass is 9.61. The Kier molecular flexibility index (Phi) is 5.11. The molecule has 1 aromatic rings. The van der Waals surface area contributed by atoms with Gasteiger partial charge in [0, 0.05) is 5.92 Å². The zero-order chi connectivity index (χ0) is 18.2. The molecule has 0 bridgehead atoms. The van der Waals surface area contributed by atoms with Crippen LogP contribution >= 0.6 is 0 Å². The third-order valence-corrected chi connectivity index (χ3v) is 6.57. The molecular formula is C18H26O5S. The lowest BCUT2D eigenvalue weighted by Crippen LogP contribution is -2.47. The fraction of sp³-hybridized carbons (Fsp3) is 0.611. The lowest BCUT2D eigenvalue weighted by molar-refractivity contribution is -0.161. The van der Waals surface area contributed by atoms with Gasteiger partial charge >= 0.3 is 5.97 Å². The molecule has 0 amide bonds. The Balaban J connectivity index is 2.21. The van der Waals surface area contributed by atoms with Gasteiger partial charge in [-0.2, -0.15) is 8.42 Å². The molecule has 2 atom stereocenters. The molecule has 2 rings (SSSR count). The first-order valence-electron chi connectivity index (χ1n) is 8.20. The van der Waals surface area contributed by atoms with Crippen LogP contribution in [0.5, 0.6) is 0 Å². The maximum atomic E-state index is 12.4. The molecule has 0 aromatic heterocycles. The molecule has 1 aromatic carbocycles. The van der Waals surface area contributed by atoms with Crippen LogP contribution in [0.25, 0.3) is 0 Å². The Hall–Kier alpha value is -1.40. The minimum Gasteiger partial charge on any atom is -0.481 e. The molecule has 6 heteroatoms. The molecule has 0 spiro atoms. The number of carbonyl (C=O) groups is 1.